The molecule has 2 unspecified atom stereocenters. The fourth-order valence-corrected chi connectivity index (χ4v) is 1.72. The van der Waals surface area contributed by atoms with Crippen molar-refractivity contribution in [1.82, 2.24) is 0 Å². The molecule has 84 valence electrons. The molecule has 0 radical (unpaired) electrons. The van der Waals surface area contributed by atoms with Crippen LogP contribution in [0.25, 0.3) is 0 Å². The van der Waals surface area contributed by atoms with Crippen LogP contribution in [-0.4, -0.2) is 5.11 Å². The number of halogens is 2. The Morgan fingerprint density at radius 3 is 2.60 bits per heavy atom. The lowest BCUT2D eigenvalue weighted by atomic mass is 9.94. The normalized spacial score (nSPS) is 15.1. The maximum absolute atomic E-state index is 13.8. The summed E-state index contributed by atoms with van der Waals surface area (Å²) in [6.07, 6.45) is -0.0485. The predicted molar refractivity (Wildman–Crippen MR) is 60.6 cm³/mol. The van der Waals surface area contributed by atoms with Gasteiger partial charge in [-0.15, -0.1) is 0 Å². The summed E-state index contributed by atoms with van der Waals surface area (Å²) in [5.74, 6) is -0.394. The van der Waals surface area contributed by atoms with Crippen LogP contribution in [0.3, 0.4) is 0 Å². The minimum absolute atomic E-state index is 0.00111. The monoisotopic (exact) mass is 230 g/mol. The van der Waals surface area contributed by atoms with E-state index in [0.29, 0.717) is 10.6 Å². The Morgan fingerprint density at radius 2 is 2.07 bits per heavy atom. The molecule has 1 nitrogen and oxygen atoms in total. The topological polar surface area (TPSA) is 20.2 Å². The SMILES string of the molecule is CCC(C)C(O)c1c(Cl)ccc(C)c1F. The predicted octanol–water partition coefficient (Wildman–Crippen LogP) is 3.87. The fourth-order valence-electron chi connectivity index (χ4n) is 1.46. The molecule has 0 bridgehead atoms. The first kappa shape index (κ1) is 12.5. The second-order valence-electron chi connectivity index (χ2n) is 3.92. The van der Waals surface area contributed by atoms with Crippen molar-refractivity contribution in [3.63, 3.8) is 0 Å². The third-order valence-corrected chi connectivity index (χ3v) is 3.13. The Kier molecular flexibility index (Phi) is 4.12. The molecule has 0 aliphatic carbocycles. The summed E-state index contributed by atoms with van der Waals surface area (Å²) in [4.78, 5) is 0. The number of aryl methyl sites for hydroxylation is 1. The highest BCUT2D eigenvalue weighted by atomic mass is 35.5. The van der Waals surface area contributed by atoms with Gasteiger partial charge in [0.1, 0.15) is 5.82 Å². The van der Waals surface area contributed by atoms with E-state index < -0.39 is 11.9 Å². The molecule has 0 aliphatic heterocycles. The van der Waals surface area contributed by atoms with E-state index in [0.717, 1.165) is 6.42 Å². The van der Waals surface area contributed by atoms with Crippen LogP contribution in [-0.2, 0) is 0 Å². The van der Waals surface area contributed by atoms with E-state index >= 15 is 0 Å². The second-order valence-corrected chi connectivity index (χ2v) is 4.33. The molecule has 2 atom stereocenters. The molecule has 1 rings (SSSR count). The highest BCUT2D eigenvalue weighted by molar-refractivity contribution is 6.31. The molecular formula is C12H16ClFO. The molecule has 0 heterocycles. The molecule has 0 aliphatic rings. The van der Waals surface area contributed by atoms with Crippen molar-refractivity contribution < 1.29 is 9.50 Å². The molecule has 15 heavy (non-hydrogen) atoms. The highest BCUT2D eigenvalue weighted by Gasteiger charge is 2.22. The van der Waals surface area contributed by atoms with E-state index in [4.69, 9.17) is 11.6 Å². The summed E-state index contributed by atoms with van der Waals surface area (Å²) in [6.45, 7) is 5.50. The van der Waals surface area contributed by atoms with E-state index in [1.54, 1.807) is 19.1 Å². The molecule has 0 aromatic heterocycles. The standard InChI is InChI=1S/C12H16ClFO/c1-4-7(2)12(15)10-9(13)6-5-8(3)11(10)14/h5-7,12,15H,4H2,1-3H3. The van der Waals surface area contributed by atoms with E-state index in [-0.39, 0.29) is 11.5 Å². The van der Waals surface area contributed by atoms with Crippen molar-refractivity contribution in [3.8, 4) is 0 Å². The Hall–Kier alpha value is -0.600. The van der Waals surface area contributed by atoms with Crippen LogP contribution in [0.4, 0.5) is 4.39 Å². The van der Waals surface area contributed by atoms with Crippen LogP contribution in [0, 0.1) is 18.7 Å². The minimum atomic E-state index is -0.831. The number of benzene rings is 1. The Labute approximate surface area is 94.9 Å². The van der Waals surface area contributed by atoms with Gasteiger partial charge in [0.15, 0.2) is 0 Å². The average molecular weight is 231 g/mol. The Bertz CT molecular complexity index is 352. The number of aliphatic hydroxyl groups excluding tert-OH is 1. The van der Waals surface area contributed by atoms with Crippen LogP contribution in [0.5, 0.6) is 0 Å². The summed E-state index contributed by atoms with van der Waals surface area (Å²) in [5.41, 5.74) is 0.739. The maximum Gasteiger partial charge on any atom is 0.133 e. The van der Waals surface area contributed by atoms with Crippen molar-refractivity contribution in [3.05, 3.63) is 34.1 Å². The number of rotatable bonds is 3. The summed E-state index contributed by atoms with van der Waals surface area (Å²) in [7, 11) is 0. The van der Waals surface area contributed by atoms with Crippen molar-refractivity contribution in [2.75, 3.05) is 0 Å². The summed E-state index contributed by atoms with van der Waals surface area (Å²) in [5, 5.41) is 10.2. The van der Waals surface area contributed by atoms with Gasteiger partial charge in [-0.1, -0.05) is 37.9 Å². The van der Waals surface area contributed by atoms with E-state index in [1.807, 2.05) is 13.8 Å². The second kappa shape index (κ2) is 4.95. The summed E-state index contributed by atoms with van der Waals surface area (Å²) >= 11 is 5.90. The van der Waals surface area contributed by atoms with Gasteiger partial charge in [-0.2, -0.15) is 0 Å². The lowest BCUT2D eigenvalue weighted by molar-refractivity contribution is 0.111. The van der Waals surface area contributed by atoms with Crippen LogP contribution < -0.4 is 0 Å². The first-order valence-corrected chi connectivity index (χ1v) is 5.49. The molecule has 1 aromatic carbocycles. The largest absolute Gasteiger partial charge is 0.388 e. The zero-order valence-electron chi connectivity index (χ0n) is 9.22. The highest BCUT2D eigenvalue weighted by Crippen LogP contribution is 2.33. The molecule has 1 aromatic rings. The summed E-state index contributed by atoms with van der Waals surface area (Å²) in [6, 6.07) is 3.24. The fraction of sp³-hybridized carbons (Fsp3) is 0.500. The molecule has 0 fully saturated rings. The van der Waals surface area contributed by atoms with Crippen LogP contribution >= 0.6 is 11.6 Å². The smallest absolute Gasteiger partial charge is 0.133 e. The Balaban J connectivity index is 3.18. The number of hydrogen-bond acceptors (Lipinski definition) is 1. The van der Waals surface area contributed by atoms with Gasteiger partial charge in [0.25, 0.3) is 0 Å². The van der Waals surface area contributed by atoms with Gasteiger partial charge in [0.05, 0.1) is 6.10 Å². The molecule has 0 saturated heterocycles. The maximum atomic E-state index is 13.8. The lowest BCUT2D eigenvalue weighted by Crippen LogP contribution is -2.11. The van der Waals surface area contributed by atoms with Gasteiger partial charge in [0, 0.05) is 10.6 Å². The van der Waals surface area contributed by atoms with Crippen molar-refractivity contribution in [2.45, 2.75) is 33.3 Å². The van der Waals surface area contributed by atoms with Gasteiger partial charge in [-0.3, -0.25) is 0 Å². The molecule has 0 amide bonds. The molecular weight excluding hydrogens is 215 g/mol. The van der Waals surface area contributed by atoms with Gasteiger partial charge < -0.3 is 5.11 Å². The minimum Gasteiger partial charge on any atom is -0.388 e. The lowest BCUT2D eigenvalue weighted by Gasteiger charge is -2.20. The van der Waals surface area contributed by atoms with Gasteiger partial charge in [0.2, 0.25) is 0 Å². The van der Waals surface area contributed by atoms with Gasteiger partial charge in [-0.25, -0.2) is 4.39 Å². The van der Waals surface area contributed by atoms with E-state index in [9.17, 15) is 9.50 Å². The molecule has 1 N–H and O–H groups in total. The zero-order chi connectivity index (χ0) is 11.6. The third-order valence-electron chi connectivity index (χ3n) is 2.80. The zero-order valence-corrected chi connectivity index (χ0v) is 9.98. The van der Waals surface area contributed by atoms with Crippen molar-refractivity contribution >= 4 is 11.6 Å². The summed E-state index contributed by atoms with van der Waals surface area (Å²) < 4.78 is 13.8. The van der Waals surface area contributed by atoms with Crippen LogP contribution in [0.1, 0.15) is 37.5 Å². The van der Waals surface area contributed by atoms with E-state index in [1.165, 1.54) is 0 Å². The first-order valence-electron chi connectivity index (χ1n) is 5.11. The molecule has 0 spiro atoms. The molecule has 0 saturated carbocycles. The van der Waals surface area contributed by atoms with Crippen molar-refractivity contribution in [2.24, 2.45) is 5.92 Å². The number of hydrogen-bond donors (Lipinski definition) is 1. The van der Waals surface area contributed by atoms with Gasteiger partial charge in [-0.05, 0) is 24.5 Å². The first-order chi connectivity index (χ1) is 6.99. The van der Waals surface area contributed by atoms with Gasteiger partial charge >= 0.3 is 0 Å². The average Bonchev–Trinajstić information content (AvgIpc) is 2.22. The Morgan fingerprint density at radius 1 is 1.47 bits per heavy atom. The number of aliphatic hydroxyl groups is 1. The quantitative estimate of drug-likeness (QED) is 0.836. The van der Waals surface area contributed by atoms with Crippen LogP contribution in [0.2, 0.25) is 5.02 Å². The van der Waals surface area contributed by atoms with E-state index in [2.05, 4.69) is 0 Å². The molecule has 3 heteroatoms. The van der Waals surface area contributed by atoms with Crippen molar-refractivity contribution in [1.29, 1.82) is 0 Å². The van der Waals surface area contributed by atoms with Crippen LogP contribution in [0.15, 0.2) is 12.1 Å². The third kappa shape index (κ3) is 2.50.